The van der Waals surface area contributed by atoms with Crippen molar-refractivity contribution in [1.82, 2.24) is 4.98 Å². The Hall–Kier alpha value is -1.19. The van der Waals surface area contributed by atoms with Crippen molar-refractivity contribution >= 4 is 22.5 Å². The van der Waals surface area contributed by atoms with Gasteiger partial charge in [0, 0.05) is 23.1 Å². The molecule has 4 heteroatoms. The van der Waals surface area contributed by atoms with Crippen LogP contribution in [0.3, 0.4) is 0 Å². The summed E-state index contributed by atoms with van der Waals surface area (Å²) in [5, 5.41) is 10.7. The Bertz CT molecular complexity index is 490. The second kappa shape index (κ2) is 3.19. The fraction of sp³-hybridized carbons (Fsp3) is 0.200. The first-order valence-corrected chi connectivity index (χ1v) is 4.71. The Kier molecular flexibility index (Phi) is 2.13. The zero-order valence-corrected chi connectivity index (χ0v) is 8.52. The Balaban J connectivity index is 2.90. The Labute approximate surface area is 86.5 Å². The lowest BCUT2D eigenvalue weighted by Crippen LogP contribution is -1.97. The molecule has 74 valence electrons. The molecular weight excluding hydrogens is 200 g/mol. The van der Waals surface area contributed by atoms with Crippen LogP contribution < -0.4 is 5.73 Å². The van der Waals surface area contributed by atoms with Crippen LogP contribution in [0, 0.1) is 6.92 Å². The Morgan fingerprint density at radius 1 is 1.50 bits per heavy atom. The maximum Gasteiger partial charge on any atom is 0.134 e. The maximum atomic E-state index is 9.46. The molecule has 0 saturated carbocycles. The molecule has 3 nitrogen and oxygen atoms in total. The molecule has 0 aliphatic heterocycles. The number of aromatic hydroxyl groups is 1. The number of rotatable bonds is 1. The summed E-state index contributed by atoms with van der Waals surface area (Å²) in [4.78, 5) is 3.17. The van der Waals surface area contributed by atoms with E-state index in [4.69, 9.17) is 17.3 Å². The van der Waals surface area contributed by atoms with Crippen LogP contribution >= 0.6 is 11.6 Å². The zero-order chi connectivity index (χ0) is 10.3. The average Bonchev–Trinajstić information content (AvgIpc) is 2.48. The number of fused-ring (bicyclic) bond motifs is 1. The van der Waals surface area contributed by atoms with Crippen molar-refractivity contribution in [3.63, 3.8) is 0 Å². The van der Waals surface area contributed by atoms with Crippen molar-refractivity contribution in [2.24, 2.45) is 5.73 Å². The summed E-state index contributed by atoms with van der Waals surface area (Å²) in [6.07, 6.45) is 0. The summed E-state index contributed by atoms with van der Waals surface area (Å²) in [6, 6.07) is 3.36. The van der Waals surface area contributed by atoms with E-state index < -0.39 is 0 Å². The van der Waals surface area contributed by atoms with E-state index in [-0.39, 0.29) is 5.75 Å². The molecule has 0 aliphatic rings. The Morgan fingerprint density at radius 3 is 2.86 bits per heavy atom. The number of halogens is 1. The molecule has 0 atom stereocenters. The van der Waals surface area contributed by atoms with Crippen LogP contribution in [-0.4, -0.2) is 10.1 Å². The fourth-order valence-electron chi connectivity index (χ4n) is 1.68. The maximum absolute atomic E-state index is 9.46. The molecule has 0 fully saturated rings. The van der Waals surface area contributed by atoms with Crippen molar-refractivity contribution in [2.75, 3.05) is 0 Å². The van der Waals surface area contributed by atoms with E-state index >= 15 is 0 Å². The second-order valence-corrected chi connectivity index (χ2v) is 3.63. The van der Waals surface area contributed by atoms with Crippen molar-refractivity contribution in [2.45, 2.75) is 13.5 Å². The number of aryl methyl sites for hydroxylation is 1. The van der Waals surface area contributed by atoms with Crippen molar-refractivity contribution in [3.05, 3.63) is 28.4 Å². The van der Waals surface area contributed by atoms with Gasteiger partial charge >= 0.3 is 0 Å². The first-order valence-electron chi connectivity index (χ1n) is 4.34. The molecule has 1 aromatic carbocycles. The summed E-state index contributed by atoms with van der Waals surface area (Å²) >= 11 is 6.00. The SMILES string of the molecule is Cc1[nH]c2ccc(O)c(Cl)c2c1CN. The predicted molar refractivity (Wildman–Crippen MR) is 57.6 cm³/mol. The molecule has 0 amide bonds. The lowest BCUT2D eigenvalue weighted by molar-refractivity contribution is 0.476. The largest absolute Gasteiger partial charge is 0.506 e. The van der Waals surface area contributed by atoms with Gasteiger partial charge in [0.25, 0.3) is 0 Å². The molecule has 0 aliphatic carbocycles. The molecule has 14 heavy (non-hydrogen) atoms. The fourth-order valence-corrected chi connectivity index (χ4v) is 1.96. The third kappa shape index (κ3) is 1.17. The number of nitrogens with one attached hydrogen (secondary N) is 1. The molecule has 0 radical (unpaired) electrons. The lowest BCUT2D eigenvalue weighted by atomic mass is 10.1. The van der Waals surface area contributed by atoms with Crippen molar-refractivity contribution in [3.8, 4) is 5.75 Å². The van der Waals surface area contributed by atoms with Gasteiger partial charge in [-0.25, -0.2) is 0 Å². The van der Waals surface area contributed by atoms with Crippen LogP contribution in [0.15, 0.2) is 12.1 Å². The summed E-state index contributed by atoms with van der Waals surface area (Å²) in [5.74, 6) is 0.0906. The molecule has 4 N–H and O–H groups in total. The molecule has 1 heterocycles. The minimum atomic E-state index is 0.0906. The van der Waals surface area contributed by atoms with Gasteiger partial charge in [-0.05, 0) is 24.6 Å². The van der Waals surface area contributed by atoms with Crippen LogP contribution in [0.4, 0.5) is 0 Å². The monoisotopic (exact) mass is 210 g/mol. The van der Waals surface area contributed by atoms with Crippen LogP contribution in [-0.2, 0) is 6.54 Å². The van der Waals surface area contributed by atoms with Crippen LogP contribution in [0.25, 0.3) is 10.9 Å². The van der Waals surface area contributed by atoms with Gasteiger partial charge in [-0.15, -0.1) is 0 Å². The van der Waals surface area contributed by atoms with Crippen LogP contribution in [0.2, 0.25) is 5.02 Å². The predicted octanol–water partition coefficient (Wildman–Crippen LogP) is 2.29. The molecule has 2 aromatic rings. The van der Waals surface area contributed by atoms with E-state index in [0.29, 0.717) is 11.6 Å². The van der Waals surface area contributed by atoms with Gasteiger partial charge in [0.2, 0.25) is 0 Å². The highest BCUT2D eigenvalue weighted by Crippen LogP contribution is 2.35. The van der Waals surface area contributed by atoms with E-state index in [1.807, 2.05) is 6.92 Å². The third-order valence-corrected chi connectivity index (χ3v) is 2.78. The van der Waals surface area contributed by atoms with E-state index in [1.165, 1.54) is 0 Å². The lowest BCUT2D eigenvalue weighted by Gasteiger charge is -2.00. The summed E-state index contributed by atoms with van der Waals surface area (Å²) in [6.45, 7) is 2.35. The Morgan fingerprint density at radius 2 is 2.21 bits per heavy atom. The summed E-state index contributed by atoms with van der Waals surface area (Å²) in [7, 11) is 0. The van der Waals surface area contributed by atoms with Crippen molar-refractivity contribution in [1.29, 1.82) is 0 Å². The van der Waals surface area contributed by atoms with Gasteiger partial charge < -0.3 is 15.8 Å². The molecule has 2 rings (SSSR count). The van der Waals surface area contributed by atoms with Gasteiger partial charge in [0.05, 0.1) is 5.02 Å². The van der Waals surface area contributed by atoms with Crippen LogP contribution in [0.5, 0.6) is 5.75 Å². The average molecular weight is 211 g/mol. The molecule has 0 unspecified atom stereocenters. The topological polar surface area (TPSA) is 62.0 Å². The van der Waals surface area contributed by atoms with E-state index in [0.717, 1.165) is 22.2 Å². The molecular formula is C10H11ClN2O. The highest BCUT2D eigenvalue weighted by molar-refractivity contribution is 6.37. The quantitative estimate of drug-likeness (QED) is 0.676. The van der Waals surface area contributed by atoms with Gasteiger partial charge in [-0.2, -0.15) is 0 Å². The van der Waals surface area contributed by atoms with Gasteiger partial charge in [-0.3, -0.25) is 0 Å². The van der Waals surface area contributed by atoms with Gasteiger partial charge in [0.15, 0.2) is 0 Å². The number of aromatic nitrogens is 1. The molecule has 0 saturated heterocycles. The third-order valence-electron chi connectivity index (χ3n) is 2.40. The summed E-state index contributed by atoms with van der Waals surface area (Å²) in [5.41, 5.74) is 8.48. The van der Waals surface area contributed by atoms with E-state index in [1.54, 1.807) is 12.1 Å². The molecule has 0 spiro atoms. The van der Waals surface area contributed by atoms with Crippen LogP contribution in [0.1, 0.15) is 11.3 Å². The number of hydrogen-bond donors (Lipinski definition) is 3. The minimum absolute atomic E-state index is 0.0906. The normalized spacial score (nSPS) is 11.1. The summed E-state index contributed by atoms with van der Waals surface area (Å²) < 4.78 is 0. The number of nitrogens with two attached hydrogens (primary N) is 1. The molecule has 1 aromatic heterocycles. The first-order chi connectivity index (χ1) is 6.65. The van der Waals surface area contributed by atoms with E-state index in [2.05, 4.69) is 4.98 Å². The number of benzene rings is 1. The first kappa shape index (κ1) is 9.37. The number of phenols is 1. The second-order valence-electron chi connectivity index (χ2n) is 3.25. The van der Waals surface area contributed by atoms with E-state index in [9.17, 15) is 5.11 Å². The number of H-pyrrole nitrogens is 1. The van der Waals surface area contributed by atoms with Gasteiger partial charge in [-0.1, -0.05) is 11.6 Å². The number of aromatic amines is 1. The highest BCUT2D eigenvalue weighted by atomic mass is 35.5. The highest BCUT2D eigenvalue weighted by Gasteiger charge is 2.12. The standard InChI is InChI=1S/C10H11ClN2O/c1-5-6(4-12)9-7(13-5)2-3-8(14)10(9)11/h2-3,13-14H,4,12H2,1H3. The molecule has 0 bridgehead atoms. The minimum Gasteiger partial charge on any atom is -0.506 e. The smallest absolute Gasteiger partial charge is 0.134 e. The zero-order valence-electron chi connectivity index (χ0n) is 7.76. The number of phenolic OH excluding ortho intramolecular Hbond substituents is 1. The van der Waals surface area contributed by atoms with Crippen molar-refractivity contribution < 1.29 is 5.11 Å². The van der Waals surface area contributed by atoms with Gasteiger partial charge in [0.1, 0.15) is 5.75 Å². The number of hydrogen-bond acceptors (Lipinski definition) is 2.